The molecule has 0 radical (unpaired) electrons. The molecule has 1 aliphatic carbocycles. The van der Waals surface area contributed by atoms with Crippen molar-refractivity contribution in [3.05, 3.63) is 52.3 Å². The SMILES string of the molecule is Cc1ccc(-n2c(CC3CCCCC3)nc3c(ncn3C)c2=O)cc1. The number of fused-ring (bicyclic) bond motifs is 1. The third-order valence-corrected chi connectivity index (χ3v) is 5.29. The Bertz CT molecular complexity index is 946. The lowest BCUT2D eigenvalue weighted by molar-refractivity contribution is 0.349. The van der Waals surface area contributed by atoms with Crippen LogP contribution < -0.4 is 5.56 Å². The Kier molecular flexibility index (Phi) is 4.15. The second-order valence-corrected chi connectivity index (χ2v) is 7.24. The number of aryl methyl sites for hydroxylation is 2. The van der Waals surface area contributed by atoms with E-state index in [1.54, 1.807) is 10.9 Å². The van der Waals surface area contributed by atoms with Gasteiger partial charge in [-0.2, -0.15) is 0 Å². The van der Waals surface area contributed by atoms with Crippen molar-refractivity contribution in [2.75, 3.05) is 0 Å². The van der Waals surface area contributed by atoms with Gasteiger partial charge in [0.1, 0.15) is 5.82 Å². The fourth-order valence-corrected chi connectivity index (χ4v) is 3.85. The fourth-order valence-electron chi connectivity index (χ4n) is 3.85. The lowest BCUT2D eigenvalue weighted by atomic mass is 9.87. The Balaban J connectivity index is 1.88. The molecular weight excluding hydrogens is 312 g/mol. The van der Waals surface area contributed by atoms with E-state index in [1.165, 1.54) is 37.7 Å². The second-order valence-electron chi connectivity index (χ2n) is 7.24. The van der Waals surface area contributed by atoms with Crippen LogP contribution in [0.15, 0.2) is 35.4 Å². The molecule has 3 aromatic rings. The minimum atomic E-state index is -0.0692. The van der Waals surface area contributed by atoms with E-state index in [-0.39, 0.29) is 5.56 Å². The maximum Gasteiger partial charge on any atom is 0.286 e. The molecule has 130 valence electrons. The quantitative estimate of drug-likeness (QED) is 0.735. The van der Waals surface area contributed by atoms with Crippen LogP contribution in [0, 0.1) is 12.8 Å². The summed E-state index contributed by atoms with van der Waals surface area (Å²) in [5.74, 6) is 1.47. The molecule has 2 heterocycles. The summed E-state index contributed by atoms with van der Waals surface area (Å²) in [5.41, 5.74) is 3.11. The minimum absolute atomic E-state index is 0.0692. The zero-order chi connectivity index (χ0) is 17.4. The van der Waals surface area contributed by atoms with Gasteiger partial charge >= 0.3 is 0 Å². The molecule has 0 bridgehead atoms. The van der Waals surface area contributed by atoms with E-state index in [2.05, 4.69) is 11.9 Å². The minimum Gasteiger partial charge on any atom is -0.318 e. The van der Waals surface area contributed by atoms with E-state index in [4.69, 9.17) is 4.98 Å². The number of hydrogen-bond acceptors (Lipinski definition) is 3. The molecule has 5 nitrogen and oxygen atoms in total. The number of rotatable bonds is 3. The molecular formula is C20H24N4O. The van der Waals surface area contributed by atoms with Gasteiger partial charge in [0.25, 0.3) is 5.56 Å². The van der Waals surface area contributed by atoms with E-state index < -0.39 is 0 Å². The first-order valence-corrected chi connectivity index (χ1v) is 9.13. The average Bonchev–Trinajstić information content (AvgIpc) is 2.99. The van der Waals surface area contributed by atoms with Gasteiger partial charge in [0.2, 0.25) is 0 Å². The lowest BCUT2D eigenvalue weighted by Gasteiger charge is -2.22. The Morgan fingerprint density at radius 2 is 1.84 bits per heavy atom. The topological polar surface area (TPSA) is 52.7 Å². The van der Waals surface area contributed by atoms with Crippen molar-refractivity contribution >= 4 is 11.2 Å². The first kappa shape index (κ1) is 16.1. The summed E-state index contributed by atoms with van der Waals surface area (Å²) >= 11 is 0. The predicted molar refractivity (Wildman–Crippen MR) is 99.1 cm³/mol. The molecule has 0 spiro atoms. The van der Waals surface area contributed by atoms with Crippen molar-refractivity contribution in [2.45, 2.75) is 45.4 Å². The Morgan fingerprint density at radius 1 is 1.12 bits per heavy atom. The summed E-state index contributed by atoms with van der Waals surface area (Å²) in [6.45, 7) is 2.05. The maximum atomic E-state index is 13.1. The molecule has 1 fully saturated rings. The van der Waals surface area contributed by atoms with Crippen LogP contribution in [0.4, 0.5) is 0 Å². The van der Waals surface area contributed by atoms with E-state index in [1.807, 2.05) is 35.9 Å². The first-order chi connectivity index (χ1) is 12.1. The average molecular weight is 336 g/mol. The normalized spacial score (nSPS) is 15.8. The number of aromatic nitrogens is 4. The van der Waals surface area contributed by atoms with Crippen molar-refractivity contribution < 1.29 is 0 Å². The Morgan fingerprint density at radius 3 is 2.56 bits per heavy atom. The van der Waals surface area contributed by atoms with Crippen LogP contribution in [0.1, 0.15) is 43.5 Å². The van der Waals surface area contributed by atoms with Crippen LogP contribution in [0.5, 0.6) is 0 Å². The highest BCUT2D eigenvalue weighted by Gasteiger charge is 2.20. The van der Waals surface area contributed by atoms with Gasteiger partial charge in [-0.25, -0.2) is 9.97 Å². The van der Waals surface area contributed by atoms with Crippen molar-refractivity contribution in [1.29, 1.82) is 0 Å². The highest BCUT2D eigenvalue weighted by atomic mass is 16.1. The highest BCUT2D eigenvalue weighted by molar-refractivity contribution is 5.70. The van der Waals surface area contributed by atoms with Gasteiger partial charge in [0, 0.05) is 13.5 Å². The molecule has 0 saturated heterocycles. The number of benzene rings is 1. The van der Waals surface area contributed by atoms with Crippen molar-refractivity contribution in [1.82, 2.24) is 19.1 Å². The Hall–Kier alpha value is -2.43. The molecule has 25 heavy (non-hydrogen) atoms. The van der Waals surface area contributed by atoms with Crippen LogP contribution in [0.25, 0.3) is 16.9 Å². The van der Waals surface area contributed by atoms with Crippen LogP contribution in [0.3, 0.4) is 0 Å². The number of hydrogen-bond donors (Lipinski definition) is 0. The molecule has 5 heteroatoms. The maximum absolute atomic E-state index is 13.1. The van der Waals surface area contributed by atoms with Crippen molar-refractivity contribution in [2.24, 2.45) is 13.0 Å². The van der Waals surface area contributed by atoms with Crippen molar-refractivity contribution in [3.8, 4) is 5.69 Å². The highest BCUT2D eigenvalue weighted by Crippen LogP contribution is 2.27. The van der Waals surface area contributed by atoms with Crippen molar-refractivity contribution in [3.63, 3.8) is 0 Å². The summed E-state index contributed by atoms with van der Waals surface area (Å²) in [5, 5.41) is 0. The standard InChI is InChI=1S/C20H24N4O/c1-14-8-10-16(11-9-14)24-17(12-15-6-4-3-5-7-15)22-19-18(20(24)25)21-13-23(19)2/h8-11,13,15H,3-7,12H2,1-2H3. The molecule has 0 N–H and O–H groups in total. The predicted octanol–water partition coefficient (Wildman–Crippen LogP) is 3.55. The largest absolute Gasteiger partial charge is 0.318 e. The van der Waals surface area contributed by atoms with Crippen LogP contribution >= 0.6 is 0 Å². The first-order valence-electron chi connectivity index (χ1n) is 9.13. The van der Waals surface area contributed by atoms with Crippen LogP contribution in [0.2, 0.25) is 0 Å². The summed E-state index contributed by atoms with van der Waals surface area (Å²) in [4.78, 5) is 22.3. The number of imidazole rings is 1. The molecule has 0 amide bonds. The van der Waals surface area contributed by atoms with E-state index in [9.17, 15) is 4.79 Å². The van der Waals surface area contributed by atoms with Crippen LogP contribution in [-0.2, 0) is 13.5 Å². The molecule has 1 aliphatic rings. The van der Waals surface area contributed by atoms with Gasteiger partial charge in [-0.05, 0) is 25.0 Å². The molecule has 4 rings (SSSR count). The fraction of sp³-hybridized carbons (Fsp3) is 0.450. The number of nitrogens with zero attached hydrogens (tertiary/aromatic N) is 4. The second kappa shape index (κ2) is 6.47. The molecule has 2 aromatic heterocycles. The molecule has 1 aromatic carbocycles. The lowest BCUT2D eigenvalue weighted by Crippen LogP contribution is -2.26. The molecule has 0 aliphatic heterocycles. The van der Waals surface area contributed by atoms with Gasteiger partial charge in [-0.15, -0.1) is 0 Å². The summed E-state index contributed by atoms with van der Waals surface area (Å²) in [6.07, 6.45) is 8.88. The van der Waals surface area contributed by atoms with Gasteiger partial charge in [-0.3, -0.25) is 9.36 Å². The molecule has 1 saturated carbocycles. The summed E-state index contributed by atoms with van der Waals surface area (Å²) in [7, 11) is 1.89. The molecule has 0 atom stereocenters. The summed E-state index contributed by atoms with van der Waals surface area (Å²) < 4.78 is 3.60. The van der Waals surface area contributed by atoms with E-state index in [0.717, 1.165) is 17.9 Å². The van der Waals surface area contributed by atoms with E-state index in [0.29, 0.717) is 17.1 Å². The van der Waals surface area contributed by atoms with Gasteiger partial charge in [-0.1, -0.05) is 49.8 Å². The van der Waals surface area contributed by atoms with Gasteiger partial charge in [0.15, 0.2) is 11.2 Å². The zero-order valence-corrected chi connectivity index (χ0v) is 14.9. The van der Waals surface area contributed by atoms with Gasteiger partial charge in [0.05, 0.1) is 12.0 Å². The summed E-state index contributed by atoms with van der Waals surface area (Å²) in [6, 6.07) is 8.07. The zero-order valence-electron chi connectivity index (χ0n) is 14.9. The smallest absolute Gasteiger partial charge is 0.286 e. The third kappa shape index (κ3) is 2.99. The third-order valence-electron chi connectivity index (χ3n) is 5.29. The monoisotopic (exact) mass is 336 g/mol. The van der Waals surface area contributed by atoms with E-state index >= 15 is 0 Å². The molecule has 0 unspecified atom stereocenters. The Labute approximate surface area is 147 Å². The van der Waals surface area contributed by atoms with Gasteiger partial charge < -0.3 is 4.57 Å². The van der Waals surface area contributed by atoms with Crippen LogP contribution in [-0.4, -0.2) is 19.1 Å².